The van der Waals surface area contributed by atoms with Gasteiger partial charge in [-0.15, -0.1) is 0 Å². The van der Waals surface area contributed by atoms with Gasteiger partial charge in [-0.1, -0.05) is 12.2 Å². The number of hydrogen-bond donors (Lipinski definition) is 2. The molecule has 1 aliphatic heterocycles. The van der Waals surface area contributed by atoms with Gasteiger partial charge in [-0.05, 0) is 19.3 Å². The zero-order valence-corrected chi connectivity index (χ0v) is 11.5. The fourth-order valence-corrected chi connectivity index (χ4v) is 2.96. The van der Waals surface area contributed by atoms with E-state index in [-0.39, 0.29) is 17.9 Å². The number of hydrogen-bond acceptors (Lipinski definition) is 3. The summed E-state index contributed by atoms with van der Waals surface area (Å²) in [6.45, 7) is 2.51. The number of rotatable bonds is 3. The summed E-state index contributed by atoms with van der Waals surface area (Å²) < 4.78 is 0. The second-order valence-corrected chi connectivity index (χ2v) is 5.46. The van der Waals surface area contributed by atoms with Gasteiger partial charge in [0.15, 0.2) is 0 Å². The molecule has 0 aromatic rings. The van der Waals surface area contributed by atoms with Gasteiger partial charge < -0.3 is 15.3 Å². The van der Waals surface area contributed by atoms with Crippen molar-refractivity contribution < 1.29 is 19.5 Å². The van der Waals surface area contributed by atoms with Crippen LogP contribution in [-0.4, -0.2) is 46.9 Å². The normalized spacial score (nSPS) is 29.2. The lowest BCUT2D eigenvalue weighted by atomic mass is 9.82. The third kappa shape index (κ3) is 3.18. The maximum atomic E-state index is 12.5. The van der Waals surface area contributed by atoms with Crippen LogP contribution in [0.25, 0.3) is 0 Å². The summed E-state index contributed by atoms with van der Waals surface area (Å²) in [5.74, 6) is -2.23. The monoisotopic (exact) mass is 280 g/mol. The summed E-state index contributed by atoms with van der Waals surface area (Å²) in [4.78, 5) is 36.4. The minimum atomic E-state index is -0.912. The van der Waals surface area contributed by atoms with Crippen LogP contribution in [0.3, 0.4) is 0 Å². The van der Waals surface area contributed by atoms with Crippen molar-refractivity contribution in [2.45, 2.75) is 32.2 Å². The molecule has 110 valence electrons. The molecule has 6 nitrogen and oxygen atoms in total. The first kappa shape index (κ1) is 14.6. The van der Waals surface area contributed by atoms with Gasteiger partial charge in [0.2, 0.25) is 11.8 Å². The minimum Gasteiger partial charge on any atom is -0.481 e. The summed E-state index contributed by atoms with van der Waals surface area (Å²) in [5.41, 5.74) is 0. The second kappa shape index (κ2) is 6.07. The molecule has 1 saturated heterocycles. The molecule has 0 radical (unpaired) electrons. The molecule has 0 saturated carbocycles. The van der Waals surface area contributed by atoms with E-state index >= 15 is 0 Å². The maximum Gasteiger partial charge on any atom is 0.307 e. The van der Waals surface area contributed by atoms with E-state index in [2.05, 4.69) is 5.32 Å². The van der Waals surface area contributed by atoms with Gasteiger partial charge in [-0.25, -0.2) is 0 Å². The van der Waals surface area contributed by atoms with Crippen molar-refractivity contribution in [2.75, 3.05) is 13.1 Å². The Morgan fingerprint density at radius 1 is 1.20 bits per heavy atom. The predicted molar refractivity (Wildman–Crippen MR) is 71.8 cm³/mol. The van der Waals surface area contributed by atoms with Crippen LogP contribution in [0.5, 0.6) is 0 Å². The Kier molecular flexibility index (Phi) is 4.42. The molecule has 3 unspecified atom stereocenters. The fourth-order valence-electron chi connectivity index (χ4n) is 2.96. The fraction of sp³-hybridized carbons (Fsp3) is 0.643. The van der Waals surface area contributed by atoms with Crippen molar-refractivity contribution in [3.05, 3.63) is 12.2 Å². The molecule has 2 aliphatic rings. The number of likely N-dealkylation sites (tertiary alicyclic amines) is 1. The van der Waals surface area contributed by atoms with Crippen LogP contribution < -0.4 is 5.32 Å². The van der Waals surface area contributed by atoms with Gasteiger partial charge in [-0.3, -0.25) is 14.4 Å². The molecule has 0 bridgehead atoms. The highest BCUT2D eigenvalue weighted by molar-refractivity contribution is 5.85. The molecule has 3 atom stereocenters. The molecule has 0 aromatic heterocycles. The Morgan fingerprint density at radius 3 is 2.45 bits per heavy atom. The summed E-state index contributed by atoms with van der Waals surface area (Å²) in [6, 6.07) is -0.0149. The van der Waals surface area contributed by atoms with E-state index in [0.29, 0.717) is 25.9 Å². The topological polar surface area (TPSA) is 86.7 Å². The molecule has 0 spiro atoms. The zero-order chi connectivity index (χ0) is 14.7. The van der Waals surface area contributed by atoms with E-state index in [0.717, 1.165) is 6.42 Å². The number of nitrogens with one attached hydrogen (secondary N) is 1. The Balaban J connectivity index is 1.99. The SMILES string of the molecule is CC(=O)NC1CCN(C(=O)C2CC=CCC2C(=O)O)C1. The summed E-state index contributed by atoms with van der Waals surface area (Å²) in [6.07, 6.45) is 5.33. The highest BCUT2D eigenvalue weighted by atomic mass is 16.4. The Hall–Kier alpha value is -1.85. The van der Waals surface area contributed by atoms with Crippen molar-refractivity contribution in [3.63, 3.8) is 0 Å². The molecule has 2 rings (SSSR count). The molecule has 2 N–H and O–H groups in total. The van der Waals surface area contributed by atoms with Crippen molar-refractivity contribution in [3.8, 4) is 0 Å². The third-order valence-corrected chi connectivity index (χ3v) is 3.97. The Labute approximate surface area is 117 Å². The largest absolute Gasteiger partial charge is 0.481 e. The van der Waals surface area contributed by atoms with Crippen molar-refractivity contribution in [1.82, 2.24) is 10.2 Å². The van der Waals surface area contributed by atoms with E-state index in [1.165, 1.54) is 6.92 Å². The molecular weight excluding hydrogens is 260 g/mol. The number of carboxylic acids is 1. The molecule has 0 aromatic carbocycles. The van der Waals surface area contributed by atoms with Gasteiger partial charge >= 0.3 is 5.97 Å². The predicted octanol–water partition coefficient (Wildman–Crippen LogP) is 0.390. The highest BCUT2D eigenvalue weighted by Crippen LogP contribution is 2.28. The van der Waals surface area contributed by atoms with E-state index in [9.17, 15) is 19.5 Å². The van der Waals surface area contributed by atoms with Gasteiger partial charge in [0.25, 0.3) is 0 Å². The molecule has 1 aliphatic carbocycles. The first-order valence-electron chi connectivity index (χ1n) is 6.92. The zero-order valence-electron chi connectivity index (χ0n) is 11.5. The number of carboxylic acid groups (broad SMARTS) is 1. The van der Waals surface area contributed by atoms with Crippen LogP contribution in [0, 0.1) is 11.8 Å². The van der Waals surface area contributed by atoms with Crippen LogP contribution in [0.15, 0.2) is 12.2 Å². The Bertz CT molecular complexity index is 446. The number of nitrogens with zero attached hydrogens (tertiary/aromatic N) is 1. The first-order valence-corrected chi connectivity index (χ1v) is 6.92. The van der Waals surface area contributed by atoms with Crippen LogP contribution in [0.4, 0.5) is 0 Å². The maximum absolute atomic E-state index is 12.5. The number of amides is 2. The minimum absolute atomic E-state index is 0.0149. The summed E-state index contributed by atoms with van der Waals surface area (Å²) >= 11 is 0. The van der Waals surface area contributed by atoms with Crippen LogP contribution >= 0.6 is 0 Å². The summed E-state index contributed by atoms with van der Waals surface area (Å²) in [7, 11) is 0. The van der Waals surface area contributed by atoms with Gasteiger partial charge in [0.05, 0.1) is 11.8 Å². The smallest absolute Gasteiger partial charge is 0.307 e. The number of allylic oxidation sites excluding steroid dienone is 2. The first-order chi connectivity index (χ1) is 9.49. The highest BCUT2D eigenvalue weighted by Gasteiger charge is 2.38. The molecule has 20 heavy (non-hydrogen) atoms. The molecular formula is C14H20N2O4. The second-order valence-electron chi connectivity index (χ2n) is 5.46. The number of carbonyl (C=O) groups excluding carboxylic acids is 2. The average Bonchev–Trinajstić information content (AvgIpc) is 2.85. The molecule has 6 heteroatoms. The van der Waals surface area contributed by atoms with E-state index in [1.807, 2.05) is 12.2 Å². The third-order valence-electron chi connectivity index (χ3n) is 3.97. The van der Waals surface area contributed by atoms with Crippen LogP contribution in [0.1, 0.15) is 26.2 Å². The lowest BCUT2D eigenvalue weighted by Gasteiger charge is -2.28. The molecule has 1 fully saturated rings. The summed E-state index contributed by atoms with van der Waals surface area (Å²) in [5, 5.41) is 12.0. The lowest BCUT2D eigenvalue weighted by Crippen LogP contribution is -2.42. The van der Waals surface area contributed by atoms with Gasteiger partial charge in [0.1, 0.15) is 0 Å². The van der Waals surface area contributed by atoms with Crippen molar-refractivity contribution in [2.24, 2.45) is 11.8 Å². The lowest BCUT2D eigenvalue weighted by molar-refractivity contribution is -0.150. The average molecular weight is 280 g/mol. The number of aliphatic carboxylic acids is 1. The van der Waals surface area contributed by atoms with E-state index < -0.39 is 17.8 Å². The van der Waals surface area contributed by atoms with Crippen LogP contribution in [0.2, 0.25) is 0 Å². The molecule has 1 heterocycles. The standard InChI is InChI=1S/C14H20N2O4/c1-9(17)15-10-6-7-16(8-10)13(18)11-4-2-3-5-12(11)14(19)20/h2-3,10-12H,4-8H2,1H3,(H,15,17)(H,19,20). The Morgan fingerprint density at radius 2 is 1.85 bits per heavy atom. The van der Waals surface area contributed by atoms with Crippen molar-refractivity contribution >= 4 is 17.8 Å². The van der Waals surface area contributed by atoms with Crippen molar-refractivity contribution in [1.29, 1.82) is 0 Å². The quantitative estimate of drug-likeness (QED) is 0.732. The van der Waals surface area contributed by atoms with Gasteiger partial charge in [-0.2, -0.15) is 0 Å². The molecule has 2 amide bonds. The van der Waals surface area contributed by atoms with E-state index in [1.54, 1.807) is 4.90 Å². The van der Waals surface area contributed by atoms with Gasteiger partial charge in [0, 0.05) is 26.1 Å². The van der Waals surface area contributed by atoms with E-state index in [4.69, 9.17) is 0 Å². The number of carbonyl (C=O) groups is 3. The van der Waals surface area contributed by atoms with Crippen LogP contribution in [-0.2, 0) is 14.4 Å².